The van der Waals surface area contributed by atoms with Crippen molar-refractivity contribution in [2.45, 2.75) is 64.9 Å². The van der Waals surface area contributed by atoms with Gasteiger partial charge in [-0.25, -0.2) is 0 Å². The highest BCUT2D eigenvalue weighted by atomic mass is 16.5. The Morgan fingerprint density at radius 2 is 2.13 bits per heavy atom. The van der Waals surface area contributed by atoms with E-state index >= 15 is 0 Å². The van der Waals surface area contributed by atoms with Crippen LogP contribution < -0.4 is 15.8 Å². The molecule has 1 aliphatic rings. The highest BCUT2D eigenvalue weighted by Crippen LogP contribution is 2.25. The van der Waals surface area contributed by atoms with Crippen molar-refractivity contribution >= 4 is 5.91 Å². The van der Waals surface area contributed by atoms with Gasteiger partial charge in [0.25, 0.3) is 0 Å². The van der Waals surface area contributed by atoms with Gasteiger partial charge in [0, 0.05) is 18.7 Å². The minimum absolute atomic E-state index is 0.00455. The summed E-state index contributed by atoms with van der Waals surface area (Å²) < 4.78 is 11.6. The molecule has 1 heterocycles. The molecule has 1 aliphatic heterocycles. The summed E-state index contributed by atoms with van der Waals surface area (Å²) in [5.41, 5.74) is 7.39. The first kappa shape index (κ1) is 17.8. The lowest BCUT2D eigenvalue weighted by Gasteiger charge is -2.24. The van der Waals surface area contributed by atoms with E-state index in [2.05, 4.69) is 5.32 Å². The number of hydrogen-bond acceptors (Lipinski definition) is 4. The van der Waals surface area contributed by atoms with Crippen molar-refractivity contribution in [1.29, 1.82) is 0 Å². The van der Waals surface area contributed by atoms with Crippen molar-refractivity contribution in [3.05, 3.63) is 29.3 Å². The number of nitrogens with two attached hydrogens (primary N) is 1. The summed E-state index contributed by atoms with van der Waals surface area (Å²) in [7, 11) is 0. The van der Waals surface area contributed by atoms with Crippen molar-refractivity contribution in [1.82, 2.24) is 5.32 Å². The molecule has 128 valence electrons. The molecule has 0 spiro atoms. The topological polar surface area (TPSA) is 73.6 Å². The molecule has 1 aromatic rings. The van der Waals surface area contributed by atoms with Crippen molar-refractivity contribution in [3.63, 3.8) is 0 Å². The normalized spacial score (nSPS) is 21.3. The van der Waals surface area contributed by atoms with Crippen LogP contribution >= 0.6 is 0 Å². The van der Waals surface area contributed by atoms with Crippen LogP contribution in [-0.4, -0.2) is 30.3 Å². The van der Waals surface area contributed by atoms with E-state index in [1.807, 2.05) is 45.9 Å². The van der Waals surface area contributed by atoms with Crippen LogP contribution in [-0.2, 0) is 16.1 Å². The largest absolute Gasteiger partial charge is 0.488 e. The summed E-state index contributed by atoms with van der Waals surface area (Å²) in [4.78, 5) is 12.2. The van der Waals surface area contributed by atoms with E-state index in [1.165, 1.54) is 0 Å². The van der Waals surface area contributed by atoms with Crippen LogP contribution in [0.25, 0.3) is 0 Å². The van der Waals surface area contributed by atoms with E-state index in [0.717, 1.165) is 29.7 Å². The average molecular weight is 320 g/mol. The molecule has 0 unspecified atom stereocenters. The second-order valence-electron chi connectivity index (χ2n) is 7.10. The van der Waals surface area contributed by atoms with Crippen molar-refractivity contribution in [2.24, 2.45) is 5.73 Å². The third-order valence-electron chi connectivity index (χ3n) is 3.75. The molecular formula is C18H28N2O3. The Hall–Kier alpha value is -1.59. The van der Waals surface area contributed by atoms with E-state index in [1.54, 1.807) is 0 Å². The van der Waals surface area contributed by atoms with Crippen LogP contribution in [0, 0.1) is 6.92 Å². The van der Waals surface area contributed by atoms with E-state index in [-0.39, 0.29) is 23.7 Å². The highest BCUT2D eigenvalue weighted by Gasteiger charge is 2.29. The Balaban J connectivity index is 1.98. The van der Waals surface area contributed by atoms with Gasteiger partial charge in [-0.3, -0.25) is 4.79 Å². The second kappa shape index (κ2) is 7.32. The molecule has 0 aromatic heterocycles. The molecule has 5 heteroatoms. The zero-order valence-corrected chi connectivity index (χ0v) is 14.5. The molecule has 5 nitrogen and oxygen atoms in total. The van der Waals surface area contributed by atoms with E-state index in [0.29, 0.717) is 13.1 Å². The molecule has 1 amide bonds. The number of benzene rings is 1. The number of nitrogens with one attached hydrogen (secondary N) is 1. The SMILES string of the molecule is Cc1ccc(CNC(=O)[C@@H]2CC[C@H](CN)O2)c(OC(C)(C)C)c1. The summed E-state index contributed by atoms with van der Waals surface area (Å²) in [6.45, 7) is 8.95. The number of ether oxygens (including phenoxy) is 2. The molecule has 1 aromatic carbocycles. The maximum Gasteiger partial charge on any atom is 0.249 e. The first-order chi connectivity index (χ1) is 10.8. The van der Waals surface area contributed by atoms with Gasteiger partial charge in [-0.2, -0.15) is 0 Å². The number of amides is 1. The van der Waals surface area contributed by atoms with Gasteiger partial charge in [0.1, 0.15) is 17.5 Å². The van der Waals surface area contributed by atoms with Crippen LogP contribution in [0.2, 0.25) is 0 Å². The van der Waals surface area contributed by atoms with Gasteiger partial charge in [0.05, 0.1) is 6.10 Å². The smallest absolute Gasteiger partial charge is 0.249 e. The van der Waals surface area contributed by atoms with Gasteiger partial charge < -0.3 is 20.5 Å². The second-order valence-corrected chi connectivity index (χ2v) is 7.10. The fraction of sp³-hybridized carbons (Fsp3) is 0.611. The molecule has 0 saturated carbocycles. The molecule has 1 fully saturated rings. The molecule has 0 aliphatic carbocycles. The average Bonchev–Trinajstić information content (AvgIpc) is 2.93. The van der Waals surface area contributed by atoms with E-state index in [4.69, 9.17) is 15.2 Å². The number of carbonyl (C=O) groups excluding carboxylic acids is 1. The van der Waals surface area contributed by atoms with Gasteiger partial charge >= 0.3 is 0 Å². The predicted octanol–water partition coefficient (Wildman–Crippen LogP) is 2.29. The summed E-state index contributed by atoms with van der Waals surface area (Å²) >= 11 is 0. The minimum atomic E-state index is -0.388. The van der Waals surface area contributed by atoms with Crippen LogP contribution in [0.4, 0.5) is 0 Å². The first-order valence-electron chi connectivity index (χ1n) is 8.20. The predicted molar refractivity (Wildman–Crippen MR) is 90.4 cm³/mol. The number of carbonyl (C=O) groups is 1. The third kappa shape index (κ3) is 5.22. The van der Waals surface area contributed by atoms with Gasteiger partial charge in [0.15, 0.2) is 0 Å². The Morgan fingerprint density at radius 1 is 1.39 bits per heavy atom. The molecule has 23 heavy (non-hydrogen) atoms. The zero-order valence-electron chi connectivity index (χ0n) is 14.5. The molecule has 3 N–H and O–H groups in total. The number of hydrogen-bond donors (Lipinski definition) is 2. The number of aryl methyl sites for hydroxylation is 1. The molecule has 1 saturated heterocycles. The first-order valence-corrected chi connectivity index (χ1v) is 8.20. The maximum atomic E-state index is 12.2. The standard InChI is InChI=1S/C18H28N2O3/c1-12-5-6-13(16(9-12)23-18(2,3)4)11-20-17(21)15-8-7-14(10-19)22-15/h5-6,9,14-15H,7-8,10-11,19H2,1-4H3,(H,20,21)/t14-,15+/m1/s1. The van der Waals surface area contributed by atoms with Gasteiger partial charge in [-0.1, -0.05) is 12.1 Å². The van der Waals surface area contributed by atoms with Crippen molar-refractivity contribution in [3.8, 4) is 5.75 Å². The molecule has 2 rings (SSSR count). The van der Waals surface area contributed by atoms with Crippen LogP contribution in [0.5, 0.6) is 5.75 Å². The van der Waals surface area contributed by atoms with Gasteiger partial charge in [-0.15, -0.1) is 0 Å². The maximum absolute atomic E-state index is 12.2. The fourth-order valence-corrected chi connectivity index (χ4v) is 2.60. The van der Waals surface area contributed by atoms with Crippen molar-refractivity contribution in [2.75, 3.05) is 6.54 Å². The van der Waals surface area contributed by atoms with Crippen molar-refractivity contribution < 1.29 is 14.3 Å². The zero-order chi connectivity index (χ0) is 17.0. The lowest BCUT2D eigenvalue weighted by Crippen LogP contribution is -2.35. The Bertz CT molecular complexity index is 552. The Kier molecular flexibility index (Phi) is 5.65. The van der Waals surface area contributed by atoms with Crippen LogP contribution in [0.1, 0.15) is 44.7 Å². The molecule has 0 bridgehead atoms. The summed E-state index contributed by atoms with van der Waals surface area (Å²) in [6.07, 6.45) is 1.19. The monoisotopic (exact) mass is 320 g/mol. The van der Waals surface area contributed by atoms with Crippen LogP contribution in [0.3, 0.4) is 0 Å². The Labute approximate surface area is 138 Å². The third-order valence-corrected chi connectivity index (χ3v) is 3.75. The molecule has 2 atom stereocenters. The lowest BCUT2D eigenvalue weighted by atomic mass is 10.1. The Morgan fingerprint density at radius 3 is 2.74 bits per heavy atom. The summed E-state index contributed by atoms with van der Waals surface area (Å²) in [6, 6.07) is 6.02. The lowest BCUT2D eigenvalue weighted by molar-refractivity contribution is -0.132. The quantitative estimate of drug-likeness (QED) is 0.873. The number of rotatable bonds is 5. The minimum Gasteiger partial charge on any atom is -0.488 e. The fourth-order valence-electron chi connectivity index (χ4n) is 2.60. The highest BCUT2D eigenvalue weighted by molar-refractivity contribution is 5.81. The van der Waals surface area contributed by atoms with Crippen LogP contribution in [0.15, 0.2) is 18.2 Å². The summed E-state index contributed by atoms with van der Waals surface area (Å²) in [5, 5.41) is 2.95. The van der Waals surface area contributed by atoms with Gasteiger partial charge in [0.2, 0.25) is 5.91 Å². The van der Waals surface area contributed by atoms with Gasteiger partial charge in [-0.05, 0) is 52.2 Å². The van der Waals surface area contributed by atoms with E-state index in [9.17, 15) is 4.79 Å². The molecular weight excluding hydrogens is 292 g/mol. The summed E-state index contributed by atoms with van der Waals surface area (Å²) in [5.74, 6) is 0.730. The van der Waals surface area contributed by atoms with E-state index < -0.39 is 0 Å². The molecule has 0 radical (unpaired) electrons.